The molecule has 0 unspecified atom stereocenters. The molecule has 3 aromatic rings. The highest BCUT2D eigenvalue weighted by atomic mass is 15.0. The summed E-state index contributed by atoms with van der Waals surface area (Å²) in [5, 5.41) is 9.91. The lowest BCUT2D eigenvalue weighted by Crippen LogP contribution is -2.03. The number of aromatic nitrogens is 4. The Kier molecular flexibility index (Phi) is 3.48. The fraction of sp³-hybridized carbons (Fsp3) is 0.200. The lowest BCUT2D eigenvalue weighted by Gasteiger charge is -2.07. The van der Waals surface area contributed by atoms with Gasteiger partial charge in [-0.15, -0.1) is 0 Å². The Balaban J connectivity index is 1.87. The molecular weight excluding hydrogens is 264 g/mol. The number of anilines is 1. The summed E-state index contributed by atoms with van der Waals surface area (Å²) in [5.41, 5.74) is 8.02. The molecular formula is C15H14N6. The van der Waals surface area contributed by atoms with E-state index in [1.807, 2.05) is 22.9 Å². The summed E-state index contributed by atoms with van der Waals surface area (Å²) in [5.74, 6) is 0.268. The molecule has 6 nitrogen and oxygen atoms in total. The van der Waals surface area contributed by atoms with Gasteiger partial charge in [-0.1, -0.05) is 0 Å². The molecule has 0 saturated heterocycles. The summed E-state index contributed by atoms with van der Waals surface area (Å²) in [6, 6.07) is 7.51. The van der Waals surface area contributed by atoms with Gasteiger partial charge in [-0.3, -0.25) is 0 Å². The molecule has 0 aliphatic heterocycles. The molecule has 0 atom stereocenters. The lowest BCUT2D eigenvalue weighted by atomic mass is 10.1. The van der Waals surface area contributed by atoms with Gasteiger partial charge in [0.05, 0.1) is 29.2 Å². The normalized spacial score (nSPS) is 10.6. The summed E-state index contributed by atoms with van der Waals surface area (Å²) in [7, 11) is 0. The Morgan fingerprint density at radius 3 is 2.95 bits per heavy atom. The molecule has 2 heterocycles. The Morgan fingerprint density at radius 2 is 2.19 bits per heavy atom. The van der Waals surface area contributed by atoms with Crippen molar-refractivity contribution in [3.05, 3.63) is 48.2 Å². The molecule has 0 aliphatic carbocycles. The van der Waals surface area contributed by atoms with Crippen LogP contribution < -0.4 is 5.73 Å². The molecule has 0 fully saturated rings. The lowest BCUT2D eigenvalue weighted by molar-refractivity contribution is 0.638. The number of aryl methyl sites for hydroxylation is 2. The molecule has 0 spiro atoms. The van der Waals surface area contributed by atoms with Crippen LogP contribution in [-0.4, -0.2) is 19.5 Å². The molecule has 2 N–H and O–H groups in total. The maximum atomic E-state index is 9.02. The Morgan fingerprint density at radius 1 is 1.29 bits per heavy atom. The molecule has 0 radical (unpaired) electrons. The number of rotatable bonds is 4. The molecule has 0 aliphatic rings. The monoisotopic (exact) mass is 278 g/mol. The maximum absolute atomic E-state index is 9.02. The van der Waals surface area contributed by atoms with Crippen molar-refractivity contribution in [3.8, 4) is 6.07 Å². The minimum absolute atomic E-state index is 0.268. The van der Waals surface area contributed by atoms with E-state index >= 15 is 0 Å². The first kappa shape index (κ1) is 13.1. The Labute approximate surface area is 121 Å². The van der Waals surface area contributed by atoms with E-state index < -0.39 is 0 Å². The summed E-state index contributed by atoms with van der Waals surface area (Å²) in [6.45, 7) is 0.864. The Hall–Kier alpha value is -2.94. The van der Waals surface area contributed by atoms with E-state index in [0.717, 1.165) is 36.0 Å². The zero-order valence-corrected chi connectivity index (χ0v) is 11.4. The van der Waals surface area contributed by atoms with E-state index in [4.69, 9.17) is 11.0 Å². The van der Waals surface area contributed by atoms with Gasteiger partial charge in [0, 0.05) is 24.3 Å². The zero-order chi connectivity index (χ0) is 14.7. The van der Waals surface area contributed by atoms with Crippen molar-refractivity contribution in [3.63, 3.8) is 0 Å². The van der Waals surface area contributed by atoms with Crippen LogP contribution in [0.25, 0.3) is 10.9 Å². The first-order valence-corrected chi connectivity index (χ1v) is 6.68. The standard InChI is InChI=1S/C15H14N6/c16-9-11-3-4-14-12(8-11)13(19-15(17)20-14)2-1-6-21-7-5-18-10-21/h3-5,7-8,10H,1-2,6H2,(H2,17,19,20). The highest BCUT2D eigenvalue weighted by Gasteiger charge is 2.07. The number of nitrogens with zero attached hydrogens (tertiary/aromatic N) is 5. The highest BCUT2D eigenvalue weighted by molar-refractivity contribution is 5.83. The van der Waals surface area contributed by atoms with Gasteiger partial charge in [-0.05, 0) is 31.0 Å². The minimum atomic E-state index is 0.268. The van der Waals surface area contributed by atoms with Crippen LogP contribution in [0.2, 0.25) is 0 Å². The number of nitriles is 1. The third-order valence-electron chi connectivity index (χ3n) is 3.31. The number of hydrogen-bond acceptors (Lipinski definition) is 5. The topological polar surface area (TPSA) is 93.4 Å². The average molecular weight is 278 g/mol. The van der Waals surface area contributed by atoms with E-state index in [2.05, 4.69) is 21.0 Å². The molecule has 0 bridgehead atoms. The van der Waals surface area contributed by atoms with Crippen LogP contribution in [0.3, 0.4) is 0 Å². The smallest absolute Gasteiger partial charge is 0.220 e. The number of hydrogen-bond donors (Lipinski definition) is 1. The van der Waals surface area contributed by atoms with Crippen molar-refractivity contribution in [1.82, 2.24) is 19.5 Å². The van der Waals surface area contributed by atoms with Gasteiger partial charge in [0.15, 0.2) is 0 Å². The van der Waals surface area contributed by atoms with Crippen LogP contribution in [0, 0.1) is 11.3 Å². The van der Waals surface area contributed by atoms with Crippen LogP contribution in [0.1, 0.15) is 17.7 Å². The SMILES string of the molecule is N#Cc1ccc2nc(N)nc(CCCn3ccnc3)c2c1. The second-order valence-corrected chi connectivity index (χ2v) is 4.78. The number of fused-ring (bicyclic) bond motifs is 1. The molecule has 1 aromatic carbocycles. The Bertz CT molecular complexity index is 801. The first-order valence-electron chi connectivity index (χ1n) is 6.68. The summed E-state index contributed by atoms with van der Waals surface area (Å²) >= 11 is 0. The van der Waals surface area contributed by atoms with Gasteiger partial charge >= 0.3 is 0 Å². The van der Waals surface area contributed by atoms with Gasteiger partial charge in [-0.25, -0.2) is 15.0 Å². The first-order chi connectivity index (χ1) is 10.3. The predicted molar refractivity (Wildman–Crippen MR) is 79.2 cm³/mol. The zero-order valence-electron chi connectivity index (χ0n) is 11.4. The van der Waals surface area contributed by atoms with Gasteiger partial charge in [0.25, 0.3) is 0 Å². The van der Waals surface area contributed by atoms with Gasteiger partial charge in [0.1, 0.15) is 0 Å². The molecule has 2 aromatic heterocycles. The van der Waals surface area contributed by atoms with Crippen LogP contribution in [-0.2, 0) is 13.0 Å². The average Bonchev–Trinajstić information content (AvgIpc) is 3.00. The molecule has 3 rings (SSSR count). The number of benzene rings is 1. The predicted octanol–water partition coefficient (Wildman–Crippen LogP) is 1.91. The maximum Gasteiger partial charge on any atom is 0.220 e. The van der Waals surface area contributed by atoms with E-state index in [9.17, 15) is 0 Å². The van der Waals surface area contributed by atoms with Crippen LogP contribution in [0.15, 0.2) is 36.9 Å². The van der Waals surface area contributed by atoms with Crippen molar-refractivity contribution in [1.29, 1.82) is 5.26 Å². The van der Waals surface area contributed by atoms with Gasteiger partial charge in [-0.2, -0.15) is 5.26 Å². The molecule has 104 valence electrons. The van der Waals surface area contributed by atoms with E-state index in [1.54, 1.807) is 18.6 Å². The van der Waals surface area contributed by atoms with E-state index in [0.29, 0.717) is 5.56 Å². The molecule has 21 heavy (non-hydrogen) atoms. The van der Waals surface area contributed by atoms with Crippen LogP contribution in [0.4, 0.5) is 5.95 Å². The third kappa shape index (κ3) is 2.82. The quantitative estimate of drug-likeness (QED) is 0.786. The summed E-state index contributed by atoms with van der Waals surface area (Å²) < 4.78 is 2.02. The number of imidazole rings is 1. The van der Waals surface area contributed by atoms with Crippen LogP contribution in [0.5, 0.6) is 0 Å². The number of nitrogens with two attached hydrogens (primary N) is 1. The van der Waals surface area contributed by atoms with Crippen molar-refractivity contribution in [2.75, 3.05) is 5.73 Å². The second-order valence-electron chi connectivity index (χ2n) is 4.78. The second kappa shape index (κ2) is 5.59. The highest BCUT2D eigenvalue weighted by Crippen LogP contribution is 2.20. The van der Waals surface area contributed by atoms with Crippen molar-refractivity contribution < 1.29 is 0 Å². The minimum Gasteiger partial charge on any atom is -0.368 e. The summed E-state index contributed by atoms with van der Waals surface area (Å²) in [4.78, 5) is 12.6. The molecule has 0 saturated carbocycles. The van der Waals surface area contributed by atoms with Crippen molar-refractivity contribution in [2.45, 2.75) is 19.4 Å². The van der Waals surface area contributed by atoms with Crippen LogP contribution >= 0.6 is 0 Å². The largest absolute Gasteiger partial charge is 0.368 e. The molecule has 6 heteroatoms. The fourth-order valence-electron chi connectivity index (χ4n) is 2.32. The van der Waals surface area contributed by atoms with Crippen molar-refractivity contribution in [2.24, 2.45) is 0 Å². The number of nitrogen functional groups attached to an aromatic ring is 1. The molecule has 0 amide bonds. The van der Waals surface area contributed by atoms with Crippen molar-refractivity contribution >= 4 is 16.9 Å². The van der Waals surface area contributed by atoms with E-state index in [1.165, 1.54) is 0 Å². The van der Waals surface area contributed by atoms with E-state index in [-0.39, 0.29) is 5.95 Å². The van der Waals surface area contributed by atoms with Gasteiger partial charge in [0.2, 0.25) is 5.95 Å². The third-order valence-corrected chi connectivity index (χ3v) is 3.31. The summed E-state index contributed by atoms with van der Waals surface area (Å²) in [6.07, 6.45) is 7.17. The fourth-order valence-corrected chi connectivity index (χ4v) is 2.32. The van der Waals surface area contributed by atoms with Gasteiger partial charge < -0.3 is 10.3 Å².